The van der Waals surface area contributed by atoms with Crippen molar-refractivity contribution in [1.82, 2.24) is 5.32 Å². The molecule has 3 N–H and O–H groups in total. The number of rotatable bonds is 5. The van der Waals surface area contributed by atoms with E-state index in [1.54, 1.807) is 0 Å². The number of primary amides is 1. The molecular weight excluding hydrogens is 467 g/mol. The minimum absolute atomic E-state index is 0.117. The average Bonchev–Trinajstić information content (AvgIpc) is 3.42. The fourth-order valence-electron chi connectivity index (χ4n) is 5.53. The highest BCUT2D eigenvalue weighted by Gasteiger charge is 2.66. The van der Waals surface area contributed by atoms with E-state index in [4.69, 9.17) is 19.9 Å². The highest BCUT2D eigenvalue weighted by atomic mass is 19.4. The third-order valence-corrected chi connectivity index (χ3v) is 7.48. The van der Waals surface area contributed by atoms with Crippen molar-refractivity contribution in [2.45, 2.75) is 68.7 Å². The Balaban J connectivity index is 1.69. The van der Waals surface area contributed by atoms with Gasteiger partial charge in [0.2, 0.25) is 17.6 Å². The molecule has 2 aliphatic heterocycles. The van der Waals surface area contributed by atoms with Crippen molar-refractivity contribution in [2.75, 3.05) is 7.11 Å². The molecule has 4 rings (SSSR count). The quantitative estimate of drug-likeness (QED) is 0.616. The number of benzene rings is 1. The molecule has 0 spiro atoms. The van der Waals surface area contributed by atoms with Gasteiger partial charge < -0.3 is 25.3 Å². The molecule has 2 amide bonds. The van der Waals surface area contributed by atoms with Crippen molar-refractivity contribution in [3.63, 3.8) is 0 Å². The van der Waals surface area contributed by atoms with Crippen molar-refractivity contribution >= 4 is 11.8 Å². The minimum Gasteiger partial charge on any atom is -0.493 e. The third-order valence-electron chi connectivity index (χ3n) is 7.48. The summed E-state index contributed by atoms with van der Waals surface area (Å²) >= 11 is 0. The van der Waals surface area contributed by atoms with Gasteiger partial charge in [-0.05, 0) is 25.8 Å². The Bertz CT molecular complexity index is 1000. The van der Waals surface area contributed by atoms with Crippen LogP contribution in [-0.4, -0.2) is 55.1 Å². The summed E-state index contributed by atoms with van der Waals surface area (Å²) in [4.78, 5) is 24.9. The number of ether oxygens (including phenoxy) is 3. The Labute approximate surface area is 192 Å². The number of nitrogens with two attached hydrogens (primary N) is 1. The van der Waals surface area contributed by atoms with Crippen LogP contribution < -0.4 is 15.8 Å². The summed E-state index contributed by atoms with van der Waals surface area (Å²) in [5, 5.41) is 2.68. The van der Waals surface area contributed by atoms with Crippen LogP contribution in [0.3, 0.4) is 0 Å². The zero-order valence-electron chi connectivity index (χ0n) is 18.6. The number of amides is 2. The van der Waals surface area contributed by atoms with Crippen molar-refractivity contribution in [3.8, 4) is 5.75 Å². The number of fused-ring (bicyclic) bond motifs is 2. The summed E-state index contributed by atoms with van der Waals surface area (Å²) in [5.41, 5.74) is 2.49. The van der Waals surface area contributed by atoms with Crippen LogP contribution in [0.5, 0.6) is 5.75 Å². The van der Waals surface area contributed by atoms with Crippen molar-refractivity contribution in [2.24, 2.45) is 17.6 Å². The Morgan fingerprint density at radius 1 is 1.21 bits per heavy atom. The standard InChI is InChI=1S/C22H25F5N2O5/c1-8-14(10-4-5-12(23)15(24)16(10)32-3)18(34-21(8,2)22(25,26)27)20(31)29-13-7-9-6-11(13)17(33-9)19(28)30/h4-5,8-9,11,13-14,17-18H,6-7H2,1-3H3,(H2,28,30)(H,29,31)/t8-,9+,11?,13?,14-,17?,18+,21+/m0/s1. The molecule has 2 saturated heterocycles. The third kappa shape index (κ3) is 3.71. The number of carbonyl (C=O) groups is 2. The van der Waals surface area contributed by atoms with Crippen LogP contribution in [0.25, 0.3) is 0 Å². The highest BCUT2D eigenvalue weighted by Crippen LogP contribution is 2.55. The molecule has 2 heterocycles. The molecule has 12 heteroatoms. The van der Waals surface area contributed by atoms with Crippen molar-refractivity contribution < 1.29 is 45.8 Å². The van der Waals surface area contributed by atoms with Crippen LogP contribution in [0.1, 0.15) is 38.2 Å². The predicted octanol–water partition coefficient (Wildman–Crippen LogP) is 2.56. The maximum atomic E-state index is 14.4. The van der Waals surface area contributed by atoms with E-state index in [0.29, 0.717) is 12.8 Å². The van der Waals surface area contributed by atoms with Crippen LogP contribution in [0.4, 0.5) is 22.0 Å². The maximum absolute atomic E-state index is 14.4. The lowest BCUT2D eigenvalue weighted by molar-refractivity contribution is -0.272. The topological polar surface area (TPSA) is 99.9 Å². The first-order valence-corrected chi connectivity index (χ1v) is 10.8. The van der Waals surface area contributed by atoms with Gasteiger partial charge in [0, 0.05) is 29.4 Å². The van der Waals surface area contributed by atoms with Gasteiger partial charge in [-0.2, -0.15) is 17.6 Å². The largest absolute Gasteiger partial charge is 0.493 e. The van der Waals surface area contributed by atoms with Gasteiger partial charge in [0.25, 0.3) is 0 Å². The maximum Gasteiger partial charge on any atom is 0.417 e. The fourth-order valence-corrected chi connectivity index (χ4v) is 5.53. The van der Waals surface area contributed by atoms with Gasteiger partial charge in [0.1, 0.15) is 12.2 Å². The van der Waals surface area contributed by atoms with Crippen LogP contribution in [-0.2, 0) is 19.1 Å². The van der Waals surface area contributed by atoms with E-state index >= 15 is 0 Å². The summed E-state index contributed by atoms with van der Waals surface area (Å²) in [6.07, 6.45) is -6.93. The Kier molecular flexibility index (Phi) is 6.04. The molecule has 1 aromatic rings. The summed E-state index contributed by atoms with van der Waals surface area (Å²) in [7, 11) is 1.05. The van der Waals surface area contributed by atoms with Gasteiger partial charge in [0.15, 0.2) is 17.2 Å². The van der Waals surface area contributed by atoms with E-state index < -0.39 is 77.0 Å². The van der Waals surface area contributed by atoms with E-state index in [2.05, 4.69) is 5.32 Å². The van der Waals surface area contributed by atoms with E-state index in [1.165, 1.54) is 6.92 Å². The molecule has 7 nitrogen and oxygen atoms in total. The molecule has 3 unspecified atom stereocenters. The molecule has 8 atom stereocenters. The molecule has 0 aromatic heterocycles. The molecule has 3 aliphatic rings. The van der Waals surface area contributed by atoms with Crippen molar-refractivity contribution in [1.29, 1.82) is 0 Å². The van der Waals surface area contributed by atoms with Gasteiger partial charge in [-0.1, -0.05) is 13.0 Å². The number of alkyl halides is 3. The smallest absolute Gasteiger partial charge is 0.417 e. The second-order valence-corrected chi connectivity index (χ2v) is 9.27. The lowest BCUT2D eigenvalue weighted by Crippen LogP contribution is -2.52. The Morgan fingerprint density at radius 3 is 2.44 bits per heavy atom. The fraction of sp³-hybridized carbons (Fsp3) is 0.636. The molecule has 1 saturated carbocycles. The second-order valence-electron chi connectivity index (χ2n) is 9.27. The van der Waals surface area contributed by atoms with Crippen LogP contribution >= 0.6 is 0 Å². The predicted molar refractivity (Wildman–Crippen MR) is 107 cm³/mol. The van der Waals surface area contributed by atoms with Gasteiger partial charge >= 0.3 is 6.18 Å². The van der Waals surface area contributed by atoms with Gasteiger partial charge in [-0.25, -0.2) is 4.39 Å². The summed E-state index contributed by atoms with van der Waals surface area (Å²) in [6.45, 7) is 2.05. The number of halogens is 5. The SMILES string of the molecule is COc1c([C@H]2[C@H](C(=O)NC3C[C@H]4CC3C(C(N)=O)O4)O[C@@](C)(C(F)(F)F)[C@H]2C)ccc(F)c1F. The van der Waals surface area contributed by atoms with E-state index in [9.17, 15) is 31.5 Å². The average molecular weight is 492 g/mol. The second kappa shape index (κ2) is 8.33. The van der Waals surface area contributed by atoms with E-state index in [-0.39, 0.29) is 11.7 Å². The number of hydrogen-bond acceptors (Lipinski definition) is 5. The van der Waals surface area contributed by atoms with E-state index in [0.717, 1.165) is 26.2 Å². The number of carbonyl (C=O) groups excluding carboxylic acids is 2. The molecule has 1 aromatic carbocycles. The molecule has 1 aliphatic carbocycles. The monoisotopic (exact) mass is 492 g/mol. The van der Waals surface area contributed by atoms with Crippen LogP contribution in [0, 0.1) is 23.5 Å². The minimum atomic E-state index is -4.86. The molecular formula is C22H25F5N2O5. The number of methoxy groups -OCH3 is 1. The van der Waals surface area contributed by atoms with Crippen LogP contribution in [0.15, 0.2) is 12.1 Å². The summed E-state index contributed by atoms with van der Waals surface area (Å²) in [5.74, 6) is -7.85. The zero-order valence-corrected chi connectivity index (χ0v) is 18.6. The lowest BCUT2D eigenvalue weighted by Gasteiger charge is -2.32. The summed E-state index contributed by atoms with van der Waals surface area (Å²) < 4.78 is 86.1. The van der Waals surface area contributed by atoms with Crippen molar-refractivity contribution in [3.05, 3.63) is 29.3 Å². The number of nitrogens with one attached hydrogen (secondary N) is 1. The zero-order chi connectivity index (χ0) is 25.2. The summed E-state index contributed by atoms with van der Waals surface area (Å²) in [6, 6.07) is 1.30. The Hall–Kier alpha value is -2.47. The molecule has 188 valence electrons. The van der Waals surface area contributed by atoms with Gasteiger partial charge in [-0.15, -0.1) is 0 Å². The van der Waals surface area contributed by atoms with Gasteiger partial charge in [-0.3, -0.25) is 9.59 Å². The van der Waals surface area contributed by atoms with Gasteiger partial charge in [0.05, 0.1) is 13.2 Å². The normalized spacial score (nSPS) is 37.1. The van der Waals surface area contributed by atoms with Crippen LogP contribution in [0.2, 0.25) is 0 Å². The molecule has 2 bridgehead atoms. The molecule has 0 radical (unpaired) electrons. The lowest BCUT2D eigenvalue weighted by atomic mass is 9.76. The highest BCUT2D eigenvalue weighted by molar-refractivity contribution is 5.84. The van der Waals surface area contributed by atoms with E-state index in [1.807, 2.05) is 0 Å². The first kappa shape index (κ1) is 24.6. The Morgan fingerprint density at radius 2 is 1.88 bits per heavy atom. The molecule has 34 heavy (non-hydrogen) atoms. The first-order valence-electron chi connectivity index (χ1n) is 10.8. The first-order chi connectivity index (χ1) is 15.8. The molecule has 3 fully saturated rings. The number of hydrogen-bond donors (Lipinski definition) is 2.